The minimum atomic E-state index is -4.68. The first-order valence-corrected chi connectivity index (χ1v) is 6.90. The summed E-state index contributed by atoms with van der Waals surface area (Å²) in [6.45, 7) is 0. The van der Waals surface area contributed by atoms with Crippen LogP contribution in [0.1, 0.15) is 0 Å². The van der Waals surface area contributed by atoms with E-state index in [1.807, 2.05) is 15.9 Å². The van der Waals surface area contributed by atoms with Crippen molar-refractivity contribution in [1.29, 1.82) is 0 Å². The first kappa shape index (κ1) is 12.4. The molecule has 0 saturated heterocycles. The van der Waals surface area contributed by atoms with Gasteiger partial charge in [0.25, 0.3) is 9.84 Å². The molecule has 17 heavy (non-hydrogen) atoms. The summed E-state index contributed by atoms with van der Waals surface area (Å²) < 4.78 is 44.9. The Hall–Kier alpha value is -1.01. The van der Waals surface area contributed by atoms with Crippen LogP contribution in [0.25, 0.3) is 10.8 Å². The van der Waals surface area contributed by atoms with Crippen molar-refractivity contribution in [2.75, 3.05) is 0 Å². The Morgan fingerprint density at radius 2 is 1.59 bits per heavy atom. The van der Waals surface area contributed by atoms with Crippen LogP contribution in [0.3, 0.4) is 0 Å². The lowest BCUT2D eigenvalue weighted by Crippen LogP contribution is -2.21. The summed E-state index contributed by atoms with van der Waals surface area (Å²) in [5, 5.41) is 1.40. The second-order valence-electron chi connectivity index (χ2n) is 3.46. The van der Waals surface area contributed by atoms with Gasteiger partial charge in [-0.2, -0.15) is 8.78 Å². The fourth-order valence-electron chi connectivity index (χ4n) is 1.47. The number of benzene rings is 2. The van der Waals surface area contributed by atoms with E-state index in [4.69, 9.17) is 0 Å². The summed E-state index contributed by atoms with van der Waals surface area (Å²) in [6, 6.07) is 10.9. The smallest absolute Gasteiger partial charge is 0.216 e. The van der Waals surface area contributed by atoms with Gasteiger partial charge in [0.15, 0.2) is 0 Å². The van der Waals surface area contributed by atoms with Crippen molar-refractivity contribution in [3.63, 3.8) is 0 Å². The number of halogens is 3. The highest BCUT2D eigenvalue weighted by molar-refractivity contribution is 9.11. The number of sulfone groups is 1. The monoisotopic (exact) mass is 320 g/mol. The Labute approximate surface area is 105 Å². The molecule has 0 aliphatic carbocycles. The van der Waals surface area contributed by atoms with Crippen LogP contribution in [0, 0.1) is 0 Å². The number of rotatable bonds is 2. The fourth-order valence-corrected chi connectivity index (χ4v) is 2.83. The molecule has 2 aromatic rings. The minimum absolute atomic E-state index is 0.405. The Morgan fingerprint density at radius 1 is 1.00 bits per heavy atom. The van der Waals surface area contributed by atoms with E-state index in [0.717, 1.165) is 5.39 Å². The summed E-state index contributed by atoms with van der Waals surface area (Å²) in [4.78, 5) is -0.405. The molecule has 0 aliphatic rings. The zero-order valence-corrected chi connectivity index (χ0v) is 10.8. The number of fused-ring (bicyclic) bond motifs is 1. The van der Waals surface area contributed by atoms with Gasteiger partial charge in [0.05, 0.1) is 4.90 Å². The van der Waals surface area contributed by atoms with Gasteiger partial charge in [-0.1, -0.05) is 30.3 Å². The molecule has 90 valence electrons. The SMILES string of the molecule is O=S(=O)(c1ccc2ccccc2c1)C(F)(F)Br. The van der Waals surface area contributed by atoms with Gasteiger partial charge < -0.3 is 0 Å². The third kappa shape index (κ3) is 2.19. The molecule has 0 atom stereocenters. The van der Waals surface area contributed by atoms with Crippen molar-refractivity contribution in [3.05, 3.63) is 42.5 Å². The summed E-state index contributed by atoms with van der Waals surface area (Å²) in [5.74, 6) is 0. The molecule has 0 radical (unpaired) electrons. The van der Waals surface area contributed by atoms with E-state index in [9.17, 15) is 17.2 Å². The van der Waals surface area contributed by atoms with E-state index in [1.165, 1.54) is 18.2 Å². The maximum atomic E-state index is 12.9. The molecule has 2 aromatic carbocycles. The second-order valence-corrected chi connectivity index (χ2v) is 6.97. The van der Waals surface area contributed by atoms with Crippen molar-refractivity contribution in [2.24, 2.45) is 0 Å². The highest BCUT2D eigenvalue weighted by atomic mass is 79.9. The van der Waals surface area contributed by atoms with Crippen molar-refractivity contribution in [3.8, 4) is 0 Å². The zero-order valence-electron chi connectivity index (χ0n) is 8.40. The van der Waals surface area contributed by atoms with Gasteiger partial charge in [0.2, 0.25) is 0 Å². The highest BCUT2D eigenvalue weighted by Crippen LogP contribution is 2.35. The van der Waals surface area contributed by atoms with E-state index >= 15 is 0 Å². The minimum Gasteiger partial charge on any atom is -0.216 e. The fraction of sp³-hybridized carbons (Fsp3) is 0.0909. The Bertz CT molecular complexity index is 662. The van der Waals surface area contributed by atoms with Crippen LogP contribution in [0.2, 0.25) is 0 Å². The van der Waals surface area contributed by atoms with E-state index in [0.29, 0.717) is 5.39 Å². The predicted molar refractivity (Wildman–Crippen MR) is 65.0 cm³/mol. The summed E-state index contributed by atoms with van der Waals surface area (Å²) in [5.41, 5.74) is 0. The molecular formula is C11H7BrF2O2S. The van der Waals surface area contributed by atoms with Crippen LogP contribution in [0.5, 0.6) is 0 Å². The Balaban J connectivity index is 2.66. The van der Waals surface area contributed by atoms with Crippen LogP contribution < -0.4 is 0 Å². The predicted octanol–water partition coefficient (Wildman–Crippen LogP) is 3.56. The molecular weight excluding hydrogens is 314 g/mol. The maximum absolute atomic E-state index is 12.9. The van der Waals surface area contributed by atoms with E-state index in [-0.39, 0.29) is 0 Å². The quantitative estimate of drug-likeness (QED) is 0.793. The molecule has 2 nitrogen and oxygen atoms in total. The number of alkyl halides is 3. The molecule has 2 rings (SSSR count). The third-order valence-corrected chi connectivity index (χ3v) is 5.10. The average Bonchev–Trinajstić information content (AvgIpc) is 2.27. The summed E-state index contributed by atoms with van der Waals surface area (Å²) in [6.07, 6.45) is 0. The van der Waals surface area contributed by atoms with Gasteiger partial charge in [-0.05, 0) is 22.9 Å². The van der Waals surface area contributed by atoms with Crippen molar-refractivity contribution in [1.82, 2.24) is 0 Å². The van der Waals surface area contributed by atoms with Gasteiger partial charge in [-0.3, -0.25) is 0 Å². The molecule has 0 aromatic heterocycles. The zero-order chi connectivity index (χ0) is 12.7. The molecule has 0 saturated carbocycles. The lowest BCUT2D eigenvalue weighted by Gasteiger charge is -2.10. The van der Waals surface area contributed by atoms with E-state index in [2.05, 4.69) is 0 Å². The van der Waals surface area contributed by atoms with Gasteiger partial charge >= 0.3 is 4.16 Å². The number of hydrogen-bond donors (Lipinski definition) is 0. The van der Waals surface area contributed by atoms with Crippen molar-refractivity contribution >= 4 is 36.5 Å². The molecule has 0 aliphatic heterocycles. The maximum Gasteiger partial charge on any atom is 0.404 e. The molecule has 0 heterocycles. The largest absolute Gasteiger partial charge is 0.404 e. The van der Waals surface area contributed by atoms with E-state index < -0.39 is 18.9 Å². The topological polar surface area (TPSA) is 34.1 Å². The lowest BCUT2D eigenvalue weighted by atomic mass is 10.1. The molecule has 0 unspecified atom stereocenters. The molecule has 0 N–H and O–H groups in total. The van der Waals surface area contributed by atoms with E-state index in [1.54, 1.807) is 24.3 Å². The first-order valence-electron chi connectivity index (χ1n) is 4.62. The first-order chi connectivity index (χ1) is 7.82. The van der Waals surface area contributed by atoms with Crippen LogP contribution in [0.15, 0.2) is 47.4 Å². The van der Waals surface area contributed by atoms with Crippen LogP contribution in [-0.2, 0) is 9.84 Å². The molecule has 6 heteroatoms. The summed E-state index contributed by atoms with van der Waals surface area (Å²) in [7, 11) is -4.68. The highest BCUT2D eigenvalue weighted by Gasteiger charge is 2.43. The summed E-state index contributed by atoms with van der Waals surface area (Å²) >= 11 is 1.88. The Kier molecular flexibility index (Phi) is 2.95. The van der Waals surface area contributed by atoms with Crippen LogP contribution in [-0.4, -0.2) is 12.6 Å². The van der Waals surface area contributed by atoms with Crippen LogP contribution >= 0.6 is 15.9 Å². The molecule has 0 fully saturated rings. The van der Waals surface area contributed by atoms with Gasteiger partial charge in [0, 0.05) is 15.9 Å². The average molecular weight is 321 g/mol. The van der Waals surface area contributed by atoms with Crippen LogP contribution in [0.4, 0.5) is 8.78 Å². The second kappa shape index (κ2) is 4.03. The molecule has 0 amide bonds. The van der Waals surface area contributed by atoms with Gasteiger partial charge in [-0.25, -0.2) is 8.42 Å². The van der Waals surface area contributed by atoms with Gasteiger partial charge in [0.1, 0.15) is 0 Å². The van der Waals surface area contributed by atoms with Crippen molar-refractivity contribution < 1.29 is 17.2 Å². The molecule has 0 spiro atoms. The van der Waals surface area contributed by atoms with Gasteiger partial charge in [-0.15, -0.1) is 0 Å². The van der Waals surface area contributed by atoms with Crippen molar-refractivity contribution in [2.45, 2.75) is 9.06 Å². The molecule has 0 bridgehead atoms. The normalized spacial score (nSPS) is 12.9. The number of hydrogen-bond acceptors (Lipinski definition) is 2. The standard InChI is InChI=1S/C11H7BrF2O2S/c12-11(13,14)17(15,16)10-6-5-8-3-1-2-4-9(8)7-10/h1-7H. The lowest BCUT2D eigenvalue weighted by molar-refractivity contribution is 0.204. The Morgan fingerprint density at radius 3 is 2.18 bits per heavy atom. The third-order valence-electron chi connectivity index (χ3n) is 2.34.